The van der Waals surface area contributed by atoms with Crippen LogP contribution in [-0.4, -0.2) is 0 Å². The average Bonchev–Trinajstić information content (AvgIpc) is 2.61. The molecule has 0 N–H and O–H groups in total. The maximum absolute atomic E-state index is 2.40. The molecule has 0 fully saturated rings. The third-order valence-electron chi connectivity index (χ3n) is 6.31. The summed E-state index contributed by atoms with van der Waals surface area (Å²) in [6.07, 6.45) is 9.42. The Morgan fingerprint density at radius 3 is 1.21 bits per heavy atom. The average molecular weight is 415 g/mol. The normalized spacial score (nSPS) is 13.1. The molecular weight excluding hydrogens is 348 g/mol. The summed E-state index contributed by atoms with van der Waals surface area (Å²) in [5, 5.41) is 0. The first-order valence-corrected chi connectivity index (χ1v) is 13.0. The van der Waals surface area contributed by atoms with Gasteiger partial charge in [0.1, 0.15) is 0 Å². The summed E-state index contributed by atoms with van der Waals surface area (Å²) < 4.78 is 0. The molecule has 0 radical (unpaired) electrons. The van der Waals surface area contributed by atoms with Crippen molar-refractivity contribution in [2.75, 3.05) is 0 Å². The summed E-state index contributed by atoms with van der Waals surface area (Å²) in [6, 6.07) is 0. The van der Waals surface area contributed by atoms with Crippen molar-refractivity contribution >= 4 is 0 Å². The van der Waals surface area contributed by atoms with E-state index in [0.717, 1.165) is 5.92 Å². The number of hydrogen-bond acceptors (Lipinski definition) is 0. The predicted molar refractivity (Wildman–Crippen MR) is 142 cm³/mol. The highest BCUT2D eigenvalue weighted by Gasteiger charge is 2.24. The third kappa shape index (κ3) is 28.0. The second-order valence-corrected chi connectivity index (χ2v) is 12.3. The van der Waals surface area contributed by atoms with Gasteiger partial charge in [0, 0.05) is 0 Å². The molecule has 0 rings (SSSR count). The van der Waals surface area contributed by atoms with Gasteiger partial charge in [-0.1, -0.05) is 137 Å². The highest BCUT2D eigenvalue weighted by molar-refractivity contribution is 4.75. The second-order valence-electron chi connectivity index (χ2n) is 12.3. The van der Waals surface area contributed by atoms with E-state index in [1.54, 1.807) is 0 Å². The Hall–Kier alpha value is 0. The molecule has 0 aromatic carbocycles. The molecule has 0 aliphatic heterocycles. The fraction of sp³-hybridized carbons (Fsp3) is 1.00. The Balaban J connectivity index is -0.000000184. The van der Waals surface area contributed by atoms with Crippen LogP contribution in [0.25, 0.3) is 0 Å². The van der Waals surface area contributed by atoms with Crippen LogP contribution < -0.4 is 0 Å². The van der Waals surface area contributed by atoms with Crippen LogP contribution >= 0.6 is 0 Å². The zero-order valence-corrected chi connectivity index (χ0v) is 24.5. The predicted octanol–water partition coefficient (Wildman–Crippen LogP) is 11.6. The van der Waals surface area contributed by atoms with Crippen LogP contribution in [0.5, 0.6) is 0 Å². The largest absolute Gasteiger partial charge is 0.0683 e. The molecule has 0 aliphatic carbocycles. The molecule has 0 aliphatic rings. The van der Waals surface area contributed by atoms with Gasteiger partial charge in [0.05, 0.1) is 0 Å². The van der Waals surface area contributed by atoms with Crippen LogP contribution in [0.1, 0.15) is 163 Å². The molecule has 0 amide bonds. The highest BCUT2D eigenvalue weighted by atomic mass is 14.3. The van der Waals surface area contributed by atoms with Gasteiger partial charge in [-0.05, 0) is 53.3 Å². The molecule has 0 heterocycles. The van der Waals surface area contributed by atoms with Gasteiger partial charge in [-0.2, -0.15) is 0 Å². The Morgan fingerprint density at radius 2 is 0.931 bits per heavy atom. The molecule has 0 bridgehead atoms. The minimum Gasteiger partial charge on any atom is -0.0683 e. The maximum Gasteiger partial charge on any atom is -0.0331 e. The van der Waals surface area contributed by atoms with E-state index in [4.69, 9.17) is 0 Å². The Kier molecular flexibility index (Phi) is 22.1. The van der Waals surface area contributed by atoms with Gasteiger partial charge in [-0.25, -0.2) is 0 Å². The van der Waals surface area contributed by atoms with Crippen LogP contribution in [0, 0.1) is 27.6 Å². The molecule has 0 heteroatoms. The van der Waals surface area contributed by atoms with Gasteiger partial charge < -0.3 is 0 Å². The van der Waals surface area contributed by atoms with Crippen LogP contribution in [0.2, 0.25) is 0 Å². The lowest BCUT2D eigenvalue weighted by Crippen LogP contribution is -2.22. The molecule has 182 valence electrons. The Bertz CT molecular complexity index is 319. The van der Waals surface area contributed by atoms with Crippen molar-refractivity contribution in [3.8, 4) is 0 Å². The fourth-order valence-electron chi connectivity index (χ4n) is 2.66. The van der Waals surface area contributed by atoms with Crippen LogP contribution in [0.15, 0.2) is 0 Å². The van der Waals surface area contributed by atoms with E-state index in [0.29, 0.717) is 21.7 Å². The van der Waals surface area contributed by atoms with E-state index in [-0.39, 0.29) is 0 Å². The molecule has 0 nitrogen and oxygen atoms in total. The van der Waals surface area contributed by atoms with E-state index in [1.807, 2.05) is 27.7 Å². The quantitative estimate of drug-likeness (QED) is 0.370. The third-order valence-corrected chi connectivity index (χ3v) is 6.31. The lowest BCUT2D eigenvalue weighted by atomic mass is 9.73. The molecule has 1 atom stereocenters. The van der Waals surface area contributed by atoms with Gasteiger partial charge in [0.2, 0.25) is 0 Å². The Morgan fingerprint density at radius 1 is 0.552 bits per heavy atom. The zero-order valence-electron chi connectivity index (χ0n) is 24.5. The van der Waals surface area contributed by atoms with E-state index in [2.05, 4.69) is 90.0 Å². The lowest BCUT2D eigenvalue weighted by molar-refractivity contribution is 0.185. The SMILES string of the molecule is CC.CC.CCC(C)(C)C(C)CCC(C)(C)C.CCC(C)(C)CCCC(C)(C)C. The Labute approximate surface area is 190 Å². The molecule has 0 saturated carbocycles. The van der Waals surface area contributed by atoms with Crippen molar-refractivity contribution in [1.82, 2.24) is 0 Å². The van der Waals surface area contributed by atoms with Crippen molar-refractivity contribution in [1.29, 1.82) is 0 Å². The number of hydrogen-bond donors (Lipinski definition) is 0. The second kappa shape index (κ2) is 17.7. The lowest BCUT2D eigenvalue weighted by Gasteiger charge is -2.32. The topological polar surface area (TPSA) is 0 Å². The van der Waals surface area contributed by atoms with Crippen molar-refractivity contribution in [3.63, 3.8) is 0 Å². The van der Waals surface area contributed by atoms with Gasteiger partial charge in [0.25, 0.3) is 0 Å². The smallest absolute Gasteiger partial charge is 0.0331 e. The molecular formula is C29H66. The minimum absolute atomic E-state index is 0.498. The fourth-order valence-corrected chi connectivity index (χ4v) is 2.66. The number of rotatable bonds is 8. The molecule has 0 aromatic heterocycles. The van der Waals surface area contributed by atoms with Crippen LogP contribution in [0.3, 0.4) is 0 Å². The van der Waals surface area contributed by atoms with Crippen molar-refractivity contribution in [3.05, 3.63) is 0 Å². The summed E-state index contributed by atoms with van der Waals surface area (Å²) in [5.74, 6) is 0.844. The first-order chi connectivity index (χ1) is 13.0. The van der Waals surface area contributed by atoms with Gasteiger partial charge in [-0.3, -0.25) is 0 Å². The molecule has 0 spiro atoms. The minimum atomic E-state index is 0.498. The van der Waals surface area contributed by atoms with E-state index >= 15 is 0 Å². The highest BCUT2D eigenvalue weighted by Crippen LogP contribution is 2.36. The molecule has 1 unspecified atom stereocenters. The van der Waals surface area contributed by atoms with Gasteiger partial charge in [0.15, 0.2) is 0 Å². The molecule has 0 aromatic rings. The van der Waals surface area contributed by atoms with Gasteiger partial charge in [-0.15, -0.1) is 0 Å². The van der Waals surface area contributed by atoms with E-state index in [9.17, 15) is 0 Å². The van der Waals surface area contributed by atoms with Gasteiger partial charge >= 0.3 is 0 Å². The zero-order chi connectivity index (χ0) is 24.5. The monoisotopic (exact) mass is 415 g/mol. The van der Waals surface area contributed by atoms with Crippen molar-refractivity contribution < 1.29 is 0 Å². The first kappa shape index (κ1) is 36.4. The summed E-state index contributed by atoms with van der Waals surface area (Å²) in [7, 11) is 0. The van der Waals surface area contributed by atoms with Crippen molar-refractivity contribution in [2.45, 2.75) is 163 Å². The summed E-state index contributed by atoms with van der Waals surface area (Å²) >= 11 is 0. The van der Waals surface area contributed by atoms with Crippen molar-refractivity contribution in [2.24, 2.45) is 27.6 Å². The molecule has 0 saturated heterocycles. The standard InChI is InChI=1S/C13H28.C12H26.2C2H6/c1-8-13(6,7)11(2)9-10-12(3,4)5;1-7-12(5,6)10-8-9-11(2,3)4;2*1-2/h11H,8-10H2,1-7H3;7-10H2,1-6H3;2*1-2H3. The van der Waals surface area contributed by atoms with Crippen LogP contribution in [0.4, 0.5) is 0 Å². The van der Waals surface area contributed by atoms with Crippen LogP contribution in [-0.2, 0) is 0 Å². The maximum atomic E-state index is 2.40. The van der Waals surface area contributed by atoms with E-state index in [1.165, 1.54) is 44.9 Å². The summed E-state index contributed by atoms with van der Waals surface area (Å²) in [6.45, 7) is 38.5. The first-order valence-electron chi connectivity index (χ1n) is 13.0. The summed E-state index contributed by atoms with van der Waals surface area (Å²) in [5.41, 5.74) is 2.10. The summed E-state index contributed by atoms with van der Waals surface area (Å²) in [4.78, 5) is 0. The van der Waals surface area contributed by atoms with E-state index < -0.39 is 0 Å². The molecule has 29 heavy (non-hydrogen) atoms.